The van der Waals surface area contributed by atoms with E-state index in [2.05, 4.69) is 24.1 Å². The first-order valence-electron chi connectivity index (χ1n) is 9.23. The molecule has 0 bridgehead atoms. The van der Waals surface area contributed by atoms with Crippen molar-refractivity contribution in [2.24, 2.45) is 0 Å². The lowest BCUT2D eigenvalue weighted by molar-refractivity contribution is 0.00968. The number of nitrogens with zero attached hydrogens (tertiary/aromatic N) is 2. The average molecular weight is 325 g/mol. The summed E-state index contributed by atoms with van der Waals surface area (Å²) in [6, 6.07) is 1.45. The summed E-state index contributed by atoms with van der Waals surface area (Å²) in [7, 11) is 0. The number of hydrogen-bond acceptors (Lipinski definition) is 4. The monoisotopic (exact) mass is 325 g/mol. The van der Waals surface area contributed by atoms with Crippen LogP contribution in [0.15, 0.2) is 0 Å². The molecule has 2 unspecified atom stereocenters. The van der Waals surface area contributed by atoms with Crippen LogP contribution >= 0.6 is 0 Å². The molecule has 0 aliphatic carbocycles. The Hall–Kier alpha value is -0.810. The SMILES string of the molecule is CC(C)N1CCC(NCC2CCCCN2C(=O)OC(C)(C)C)C1. The second-order valence-corrected chi connectivity index (χ2v) is 8.31. The Balaban J connectivity index is 1.83. The first-order chi connectivity index (χ1) is 10.8. The number of amides is 1. The molecule has 2 saturated heterocycles. The number of likely N-dealkylation sites (tertiary alicyclic amines) is 2. The Kier molecular flexibility index (Phi) is 6.32. The van der Waals surface area contributed by atoms with Crippen molar-refractivity contribution < 1.29 is 9.53 Å². The molecule has 2 aliphatic rings. The third-order valence-corrected chi connectivity index (χ3v) is 4.85. The summed E-state index contributed by atoms with van der Waals surface area (Å²) < 4.78 is 5.58. The smallest absolute Gasteiger partial charge is 0.410 e. The fourth-order valence-electron chi connectivity index (χ4n) is 3.50. The summed E-state index contributed by atoms with van der Waals surface area (Å²) in [6.45, 7) is 14.3. The van der Waals surface area contributed by atoms with E-state index < -0.39 is 5.60 Å². The predicted octanol–water partition coefficient (Wildman–Crippen LogP) is 2.85. The Morgan fingerprint density at radius 2 is 1.96 bits per heavy atom. The van der Waals surface area contributed by atoms with Gasteiger partial charge in [0.25, 0.3) is 0 Å². The van der Waals surface area contributed by atoms with Crippen molar-refractivity contribution in [3.63, 3.8) is 0 Å². The summed E-state index contributed by atoms with van der Waals surface area (Å²) in [5.74, 6) is 0. The van der Waals surface area contributed by atoms with Crippen molar-refractivity contribution in [2.45, 2.75) is 84.0 Å². The zero-order chi connectivity index (χ0) is 17.0. The third-order valence-electron chi connectivity index (χ3n) is 4.85. The van der Waals surface area contributed by atoms with E-state index in [-0.39, 0.29) is 12.1 Å². The molecule has 23 heavy (non-hydrogen) atoms. The van der Waals surface area contributed by atoms with Gasteiger partial charge in [-0.15, -0.1) is 0 Å². The highest BCUT2D eigenvalue weighted by Gasteiger charge is 2.31. The van der Waals surface area contributed by atoms with Crippen LogP contribution in [0.5, 0.6) is 0 Å². The lowest BCUT2D eigenvalue weighted by atomic mass is 10.0. The Labute approximate surface area is 141 Å². The minimum absolute atomic E-state index is 0.153. The van der Waals surface area contributed by atoms with Gasteiger partial charge in [-0.25, -0.2) is 4.79 Å². The molecule has 0 aromatic rings. The number of carbonyl (C=O) groups excluding carboxylic acids is 1. The molecule has 1 amide bonds. The molecule has 134 valence electrons. The minimum Gasteiger partial charge on any atom is -0.444 e. The quantitative estimate of drug-likeness (QED) is 0.863. The highest BCUT2D eigenvalue weighted by Crippen LogP contribution is 2.21. The van der Waals surface area contributed by atoms with Crippen molar-refractivity contribution in [3.8, 4) is 0 Å². The third kappa shape index (κ3) is 5.64. The molecule has 0 spiro atoms. The standard InChI is InChI=1S/C18H35N3O2/c1-14(2)20-11-9-15(13-20)19-12-16-8-6-7-10-21(16)17(22)23-18(3,4)5/h14-16,19H,6-13H2,1-5H3. The topological polar surface area (TPSA) is 44.8 Å². The van der Waals surface area contributed by atoms with Gasteiger partial charge in [-0.3, -0.25) is 4.90 Å². The summed E-state index contributed by atoms with van der Waals surface area (Å²) in [5.41, 5.74) is -0.421. The highest BCUT2D eigenvalue weighted by molar-refractivity contribution is 5.68. The maximum Gasteiger partial charge on any atom is 0.410 e. The van der Waals surface area contributed by atoms with Crippen LogP contribution in [0.25, 0.3) is 0 Å². The lowest BCUT2D eigenvalue weighted by Gasteiger charge is -2.37. The van der Waals surface area contributed by atoms with Gasteiger partial charge in [0.05, 0.1) is 0 Å². The number of ether oxygens (including phenoxy) is 1. The second kappa shape index (κ2) is 7.84. The normalized spacial score (nSPS) is 26.8. The van der Waals surface area contributed by atoms with Crippen molar-refractivity contribution in [1.82, 2.24) is 15.1 Å². The number of piperidine rings is 1. The Bertz CT molecular complexity index is 392. The first kappa shape index (κ1) is 18.5. The highest BCUT2D eigenvalue weighted by atomic mass is 16.6. The van der Waals surface area contributed by atoms with Crippen molar-refractivity contribution >= 4 is 6.09 Å². The molecule has 0 radical (unpaired) electrons. The summed E-state index contributed by atoms with van der Waals surface area (Å²) in [4.78, 5) is 16.9. The Morgan fingerprint density at radius 3 is 2.57 bits per heavy atom. The van der Waals surface area contributed by atoms with Crippen LogP contribution in [0, 0.1) is 0 Å². The summed E-state index contributed by atoms with van der Waals surface area (Å²) in [5, 5.41) is 3.69. The van der Waals surface area contributed by atoms with Crippen LogP contribution in [0.2, 0.25) is 0 Å². The van der Waals surface area contributed by atoms with Crippen LogP contribution in [0.1, 0.15) is 60.3 Å². The predicted molar refractivity (Wildman–Crippen MR) is 93.7 cm³/mol. The van der Waals surface area contributed by atoms with E-state index in [1.165, 1.54) is 19.4 Å². The molecule has 2 atom stereocenters. The molecule has 2 aliphatic heterocycles. The van der Waals surface area contributed by atoms with Gasteiger partial charge in [0.15, 0.2) is 0 Å². The van der Waals surface area contributed by atoms with Gasteiger partial charge in [0.1, 0.15) is 5.60 Å². The molecular formula is C18H35N3O2. The Morgan fingerprint density at radius 1 is 1.22 bits per heavy atom. The number of hydrogen-bond donors (Lipinski definition) is 1. The summed E-state index contributed by atoms with van der Waals surface area (Å²) in [6.07, 6.45) is 4.41. The van der Waals surface area contributed by atoms with Gasteiger partial charge in [-0.1, -0.05) is 0 Å². The largest absolute Gasteiger partial charge is 0.444 e. The minimum atomic E-state index is -0.421. The van der Waals surface area contributed by atoms with Crippen LogP contribution in [0.4, 0.5) is 4.79 Å². The van der Waals surface area contributed by atoms with E-state index in [1.807, 2.05) is 25.7 Å². The zero-order valence-corrected chi connectivity index (χ0v) is 15.6. The molecule has 2 heterocycles. The van der Waals surface area contributed by atoms with E-state index in [9.17, 15) is 4.79 Å². The van der Waals surface area contributed by atoms with Crippen molar-refractivity contribution in [3.05, 3.63) is 0 Å². The average Bonchev–Trinajstić information content (AvgIpc) is 2.92. The fraction of sp³-hybridized carbons (Fsp3) is 0.944. The molecule has 2 fully saturated rings. The zero-order valence-electron chi connectivity index (χ0n) is 15.6. The molecule has 0 aromatic carbocycles. The molecular weight excluding hydrogens is 290 g/mol. The number of carbonyl (C=O) groups is 1. The van der Waals surface area contributed by atoms with Crippen LogP contribution in [-0.4, -0.2) is 65.8 Å². The second-order valence-electron chi connectivity index (χ2n) is 8.31. The molecule has 5 nitrogen and oxygen atoms in total. The van der Waals surface area contributed by atoms with Gasteiger partial charge in [0.2, 0.25) is 0 Å². The van der Waals surface area contributed by atoms with Gasteiger partial charge in [0, 0.05) is 37.8 Å². The van der Waals surface area contributed by atoms with E-state index in [1.54, 1.807) is 0 Å². The van der Waals surface area contributed by atoms with Gasteiger partial charge >= 0.3 is 6.09 Å². The molecule has 0 saturated carbocycles. The summed E-state index contributed by atoms with van der Waals surface area (Å²) >= 11 is 0. The van der Waals surface area contributed by atoms with Crippen molar-refractivity contribution in [1.29, 1.82) is 0 Å². The van der Waals surface area contributed by atoms with E-state index in [0.29, 0.717) is 12.1 Å². The molecule has 2 rings (SSSR count). The van der Waals surface area contributed by atoms with Gasteiger partial charge in [-0.05, 0) is 66.8 Å². The first-order valence-corrected chi connectivity index (χ1v) is 9.23. The van der Waals surface area contributed by atoms with E-state index >= 15 is 0 Å². The molecule has 5 heteroatoms. The van der Waals surface area contributed by atoms with Crippen LogP contribution in [-0.2, 0) is 4.74 Å². The maximum atomic E-state index is 12.4. The van der Waals surface area contributed by atoms with Crippen LogP contribution in [0.3, 0.4) is 0 Å². The fourth-order valence-corrected chi connectivity index (χ4v) is 3.50. The van der Waals surface area contributed by atoms with Crippen LogP contribution < -0.4 is 5.32 Å². The lowest BCUT2D eigenvalue weighted by Crippen LogP contribution is -2.51. The molecule has 1 N–H and O–H groups in total. The van der Waals surface area contributed by atoms with Crippen molar-refractivity contribution in [2.75, 3.05) is 26.2 Å². The van der Waals surface area contributed by atoms with Gasteiger partial charge < -0.3 is 15.0 Å². The maximum absolute atomic E-state index is 12.4. The van der Waals surface area contributed by atoms with E-state index in [4.69, 9.17) is 4.74 Å². The molecule has 0 aromatic heterocycles. The number of nitrogens with one attached hydrogen (secondary N) is 1. The number of rotatable bonds is 4. The van der Waals surface area contributed by atoms with Gasteiger partial charge in [-0.2, -0.15) is 0 Å². The van der Waals surface area contributed by atoms with E-state index in [0.717, 1.165) is 32.5 Å².